The second-order valence-electron chi connectivity index (χ2n) is 2.97. The number of rotatable bonds is 2. The van der Waals surface area contributed by atoms with Crippen molar-refractivity contribution in [3.63, 3.8) is 0 Å². The molecule has 0 saturated carbocycles. The van der Waals surface area contributed by atoms with Crippen LogP contribution in [0.1, 0.15) is 37.7 Å². The molecule has 66 valence electrons. The van der Waals surface area contributed by atoms with E-state index in [0.717, 1.165) is 17.9 Å². The maximum atomic E-state index is 5.80. The first-order valence-electron chi connectivity index (χ1n) is 4.14. The molecule has 0 bridgehead atoms. The first kappa shape index (κ1) is 9.46. The Morgan fingerprint density at radius 3 is 2.67 bits per heavy atom. The first-order chi connectivity index (χ1) is 5.63. The van der Waals surface area contributed by atoms with E-state index in [1.54, 1.807) is 0 Å². The normalized spacial score (nSPS) is 13.0. The van der Waals surface area contributed by atoms with Crippen LogP contribution in [0.4, 0.5) is 0 Å². The standard InChI is InChI=1S/C9H13ClN2/c1-4-6(2)8-5-9(10)12-7(3)11-8/h5-6H,4H2,1-3H3/t6-/m0/s1. The highest BCUT2D eigenvalue weighted by Crippen LogP contribution is 2.18. The maximum Gasteiger partial charge on any atom is 0.133 e. The molecule has 0 aliphatic heterocycles. The summed E-state index contributed by atoms with van der Waals surface area (Å²) in [5, 5.41) is 0.540. The molecule has 1 aromatic rings. The van der Waals surface area contributed by atoms with Gasteiger partial charge in [-0.2, -0.15) is 0 Å². The summed E-state index contributed by atoms with van der Waals surface area (Å²) in [5.41, 5.74) is 1.04. The zero-order valence-electron chi connectivity index (χ0n) is 7.63. The SMILES string of the molecule is CC[C@H](C)c1cc(Cl)nc(C)n1. The molecule has 0 aliphatic carbocycles. The van der Waals surface area contributed by atoms with Gasteiger partial charge in [0.25, 0.3) is 0 Å². The minimum Gasteiger partial charge on any atom is -0.238 e. The van der Waals surface area contributed by atoms with Gasteiger partial charge in [-0.05, 0) is 25.3 Å². The van der Waals surface area contributed by atoms with Gasteiger partial charge >= 0.3 is 0 Å². The molecule has 1 rings (SSSR count). The summed E-state index contributed by atoms with van der Waals surface area (Å²) in [5.74, 6) is 1.21. The Morgan fingerprint density at radius 1 is 1.50 bits per heavy atom. The molecular weight excluding hydrogens is 172 g/mol. The van der Waals surface area contributed by atoms with Gasteiger partial charge < -0.3 is 0 Å². The summed E-state index contributed by atoms with van der Waals surface area (Å²) in [6.07, 6.45) is 1.08. The molecule has 3 heteroatoms. The van der Waals surface area contributed by atoms with Crippen molar-refractivity contribution in [1.29, 1.82) is 0 Å². The van der Waals surface area contributed by atoms with Gasteiger partial charge in [-0.25, -0.2) is 9.97 Å². The number of nitrogens with zero attached hydrogens (tertiary/aromatic N) is 2. The average molecular weight is 185 g/mol. The second-order valence-corrected chi connectivity index (χ2v) is 3.36. The van der Waals surface area contributed by atoms with Crippen LogP contribution in [0.5, 0.6) is 0 Å². The van der Waals surface area contributed by atoms with Gasteiger partial charge in [-0.1, -0.05) is 25.4 Å². The fourth-order valence-electron chi connectivity index (χ4n) is 1.01. The van der Waals surface area contributed by atoms with Crippen molar-refractivity contribution < 1.29 is 0 Å². The highest BCUT2D eigenvalue weighted by atomic mass is 35.5. The monoisotopic (exact) mass is 184 g/mol. The Labute approximate surface area is 78.0 Å². The molecule has 0 amide bonds. The Bertz CT molecular complexity index is 253. The van der Waals surface area contributed by atoms with Crippen molar-refractivity contribution in [2.45, 2.75) is 33.1 Å². The van der Waals surface area contributed by atoms with Crippen LogP contribution >= 0.6 is 11.6 Å². The van der Waals surface area contributed by atoms with Crippen LogP contribution in [0.15, 0.2) is 6.07 Å². The van der Waals surface area contributed by atoms with E-state index in [9.17, 15) is 0 Å². The zero-order valence-corrected chi connectivity index (χ0v) is 8.39. The minimum absolute atomic E-state index is 0.462. The van der Waals surface area contributed by atoms with Crippen LogP contribution in [0.25, 0.3) is 0 Å². The van der Waals surface area contributed by atoms with Gasteiger partial charge in [-0.3, -0.25) is 0 Å². The van der Waals surface area contributed by atoms with Crippen LogP contribution in [0, 0.1) is 6.92 Å². The fourth-order valence-corrected chi connectivity index (χ4v) is 1.25. The van der Waals surface area contributed by atoms with Gasteiger partial charge in [0.15, 0.2) is 0 Å². The average Bonchev–Trinajstić information content (AvgIpc) is 2.01. The molecule has 0 aromatic carbocycles. The molecule has 12 heavy (non-hydrogen) atoms. The minimum atomic E-state index is 0.462. The van der Waals surface area contributed by atoms with E-state index in [1.807, 2.05) is 13.0 Å². The third kappa shape index (κ3) is 2.18. The molecule has 1 atom stereocenters. The van der Waals surface area contributed by atoms with E-state index in [-0.39, 0.29) is 0 Å². The van der Waals surface area contributed by atoms with Gasteiger partial charge in [0.2, 0.25) is 0 Å². The molecule has 0 spiro atoms. The van der Waals surface area contributed by atoms with Crippen molar-refractivity contribution in [1.82, 2.24) is 9.97 Å². The van der Waals surface area contributed by atoms with Crippen molar-refractivity contribution >= 4 is 11.6 Å². The van der Waals surface area contributed by atoms with Gasteiger partial charge in [0.1, 0.15) is 11.0 Å². The molecule has 0 N–H and O–H groups in total. The number of hydrogen-bond donors (Lipinski definition) is 0. The summed E-state index contributed by atoms with van der Waals surface area (Å²) in [6, 6.07) is 1.84. The quantitative estimate of drug-likeness (QED) is 0.661. The third-order valence-electron chi connectivity index (χ3n) is 1.94. The topological polar surface area (TPSA) is 25.8 Å². The van der Waals surface area contributed by atoms with E-state index >= 15 is 0 Å². The number of halogens is 1. The lowest BCUT2D eigenvalue weighted by Gasteiger charge is -2.07. The van der Waals surface area contributed by atoms with Crippen LogP contribution < -0.4 is 0 Å². The number of aryl methyl sites for hydroxylation is 1. The van der Waals surface area contributed by atoms with E-state index < -0.39 is 0 Å². The summed E-state index contributed by atoms with van der Waals surface area (Å²) in [7, 11) is 0. The van der Waals surface area contributed by atoms with Crippen molar-refractivity contribution in [3.05, 3.63) is 22.7 Å². The first-order valence-corrected chi connectivity index (χ1v) is 4.52. The molecular formula is C9H13ClN2. The predicted molar refractivity (Wildman–Crippen MR) is 50.5 cm³/mol. The van der Waals surface area contributed by atoms with Crippen LogP contribution in [-0.4, -0.2) is 9.97 Å². The second kappa shape index (κ2) is 3.85. The maximum absolute atomic E-state index is 5.80. The lowest BCUT2D eigenvalue weighted by Crippen LogP contribution is -1.99. The van der Waals surface area contributed by atoms with E-state index in [4.69, 9.17) is 11.6 Å². The van der Waals surface area contributed by atoms with E-state index in [1.165, 1.54) is 0 Å². The smallest absolute Gasteiger partial charge is 0.133 e. The van der Waals surface area contributed by atoms with Crippen LogP contribution in [0.2, 0.25) is 5.15 Å². The summed E-state index contributed by atoms with van der Waals surface area (Å²) < 4.78 is 0. The molecule has 2 nitrogen and oxygen atoms in total. The molecule has 0 aliphatic rings. The highest BCUT2D eigenvalue weighted by molar-refractivity contribution is 6.29. The molecule has 1 heterocycles. The van der Waals surface area contributed by atoms with Gasteiger partial charge in [0.05, 0.1) is 0 Å². The predicted octanol–water partition coefficient (Wildman–Crippen LogP) is 2.95. The van der Waals surface area contributed by atoms with Crippen LogP contribution in [0.3, 0.4) is 0 Å². The zero-order chi connectivity index (χ0) is 9.14. The molecule has 0 unspecified atom stereocenters. The summed E-state index contributed by atoms with van der Waals surface area (Å²) >= 11 is 5.80. The Kier molecular flexibility index (Phi) is 3.04. The highest BCUT2D eigenvalue weighted by Gasteiger charge is 2.06. The van der Waals surface area contributed by atoms with Crippen molar-refractivity contribution in [2.75, 3.05) is 0 Å². The van der Waals surface area contributed by atoms with Crippen molar-refractivity contribution in [2.24, 2.45) is 0 Å². The van der Waals surface area contributed by atoms with Crippen molar-refractivity contribution in [3.8, 4) is 0 Å². The third-order valence-corrected chi connectivity index (χ3v) is 2.14. The van der Waals surface area contributed by atoms with Gasteiger partial charge in [0, 0.05) is 5.69 Å². The Morgan fingerprint density at radius 2 is 2.17 bits per heavy atom. The molecule has 0 fully saturated rings. The van der Waals surface area contributed by atoms with E-state index in [2.05, 4.69) is 23.8 Å². The lowest BCUT2D eigenvalue weighted by molar-refractivity contribution is 0.699. The van der Waals surface area contributed by atoms with Crippen LogP contribution in [-0.2, 0) is 0 Å². The Hall–Kier alpha value is -0.630. The molecule has 0 radical (unpaired) electrons. The van der Waals surface area contributed by atoms with E-state index in [0.29, 0.717) is 11.1 Å². The largest absolute Gasteiger partial charge is 0.238 e. The lowest BCUT2D eigenvalue weighted by atomic mass is 10.1. The Balaban J connectivity index is 3.00. The summed E-state index contributed by atoms with van der Waals surface area (Å²) in [6.45, 7) is 6.13. The molecule has 0 saturated heterocycles. The van der Waals surface area contributed by atoms with Gasteiger partial charge in [-0.15, -0.1) is 0 Å². The fraction of sp³-hybridized carbons (Fsp3) is 0.556. The number of hydrogen-bond acceptors (Lipinski definition) is 2. The molecule has 1 aromatic heterocycles. The number of aromatic nitrogens is 2. The summed E-state index contributed by atoms with van der Waals surface area (Å²) in [4.78, 5) is 8.31.